The molecule has 1 N–H and O–H groups in total. The van der Waals surface area contributed by atoms with Crippen molar-refractivity contribution in [1.82, 2.24) is 0 Å². The van der Waals surface area contributed by atoms with Gasteiger partial charge in [0.05, 0.1) is 11.1 Å². The molecule has 2 aliphatic rings. The van der Waals surface area contributed by atoms with E-state index in [9.17, 15) is 17.6 Å². The third kappa shape index (κ3) is 3.69. The molecule has 168 valence electrons. The lowest BCUT2D eigenvalue weighted by Gasteiger charge is -2.35. The molecule has 0 radical (unpaired) electrons. The van der Waals surface area contributed by atoms with Gasteiger partial charge in [-0.2, -0.15) is 13.2 Å². The van der Waals surface area contributed by atoms with Crippen molar-refractivity contribution in [2.75, 3.05) is 5.32 Å². The summed E-state index contributed by atoms with van der Waals surface area (Å²) in [5.41, 5.74) is 3.51. The van der Waals surface area contributed by atoms with Crippen LogP contribution in [-0.4, -0.2) is 5.54 Å². The molecule has 0 atom stereocenters. The molecule has 0 aliphatic carbocycles. The smallest absolute Gasteiger partial charge is 0.416 e. The summed E-state index contributed by atoms with van der Waals surface area (Å²) in [4.78, 5) is 0. The first-order valence-corrected chi connectivity index (χ1v) is 10.5. The SMILES string of the molecule is CC1=CC(C)(C)Nc2ccc3c(c21)/C(=C/c1ccccc1C(F)(F)F)Oc1ccc(F)cc1-3. The third-order valence-electron chi connectivity index (χ3n) is 5.88. The topological polar surface area (TPSA) is 21.3 Å². The van der Waals surface area contributed by atoms with Gasteiger partial charge < -0.3 is 10.1 Å². The number of benzene rings is 3. The Hall–Kier alpha value is -3.54. The Kier molecular flexibility index (Phi) is 4.67. The van der Waals surface area contributed by atoms with Crippen molar-refractivity contribution in [3.63, 3.8) is 0 Å². The quantitative estimate of drug-likeness (QED) is 0.378. The fourth-order valence-electron chi connectivity index (χ4n) is 4.69. The first-order chi connectivity index (χ1) is 15.5. The number of fused-ring (bicyclic) bond motifs is 5. The molecule has 0 unspecified atom stereocenters. The van der Waals surface area contributed by atoms with Crippen LogP contribution in [0.2, 0.25) is 0 Å². The predicted molar refractivity (Wildman–Crippen MR) is 123 cm³/mol. The van der Waals surface area contributed by atoms with Gasteiger partial charge in [-0.25, -0.2) is 4.39 Å². The molecule has 3 aromatic carbocycles. The van der Waals surface area contributed by atoms with E-state index in [4.69, 9.17) is 4.74 Å². The third-order valence-corrected chi connectivity index (χ3v) is 5.88. The minimum absolute atomic E-state index is 0.000143. The lowest BCUT2D eigenvalue weighted by molar-refractivity contribution is -0.137. The zero-order valence-corrected chi connectivity index (χ0v) is 18.3. The highest BCUT2D eigenvalue weighted by atomic mass is 19.4. The number of anilines is 1. The maximum Gasteiger partial charge on any atom is 0.416 e. The molecule has 2 nitrogen and oxygen atoms in total. The molecule has 2 heterocycles. The molecule has 0 amide bonds. The van der Waals surface area contributed by atoms with Crippen molar-refractivity contribution in [3.8, 4) is 16.9 Å². The molecule has 5 rings (SSSR count). The Morgan fingerprint density at radius 2 is 1.70 bits per heavy atom. The summed E-state index contributed by atoms with van der Waals surface area (Å²) in [6.07, 6.45) is -1.02. The van der Waals surface area contributed by atoms with Gasteiger partial charge in [0.2, 0.25) is 0 Å². The maximum absolute atomic E-state index is 14.1. The van der Waals surface area contributed by atoms with Gasteiger partial charge in [0.25, 0.3) is 0 Å². The van der Waals surface area contributed by atoms with E-state index in [1.165, 1.54) is 36.4 Å². The fraction of sp³-hybridized carbons (Fsp3) is 0.185. The van der Waals surface area contributed by atoms with Crippen LogP contribution in [0.25, 0.3) is 28.5 Å². The summed E-state index contributed by atoms with van der Waals surface area (Å²) in [6, 6.07) is 13.3. The molecule has 3 aromatic rings. The standard InChI is InChI=1S/C27H21F4NO/c1-15-14-26(2,3)32-21-10-9-18-19-13-17(28)8-11-22(19)33-23(25(18)24(15)21)12-16-6-4-5-7-20(16)27(29,30)31/h4-14,32H,1-3H3/b23-12-. The molecule has 0 bridgehead atoms. The monoisotopic (exact) mass is 451 g/mol. The highest BCUT2D eigenvalue weighted by molar-refractivity contribution is 6.00. The van der Waals surface area contributed by atoms with Gasteiger partial charge in [0.1, 0.15) is 17.3 Å². The summed E-state index contributed by atoms with van der Waals surface area (Å²) in [7, 11) is 0. The molecular weight excluding hydrogens is 430 g/mol. The van der Waals surface area contributed by atoms with E-state index in [1.807, 2.05) is 32.9 Å². The number of hydrogen-bond donors (Lipinski definition) is 1. The Balaban J connectivity index is 1.81. The maximum atomic E-state index is 14.1. The van der Waals surface area contributed by atoms with Crippen molar-refractivity contribution < 1.29 is 22.3 Å². The molecule has 33 heavy (non-hydrogen) atoms. The van der Waals surface area contributed by atoms with E-state index < -0.39 is 17.6 Å². The zero-order chi connectivity index (χ0) is 23.5. The molecule has 0 saturated carbocycles. The fourth-order valence-corrected chi connectivity index (χ4v) is 4.69. The first-order valence-electron chi connectivity index (χ1n) is 10.5. The van der Waals surface area contributed by atoms with Crippen LogP contribution in [0.1, 0.15) is 43.0 Å². The van der Waals surface area contributed by atoms with Gasteiger partial charge in [-0.05, 0) is 73.9 Å². The molecular formula is C27H21F4NO. The van der Waals surface area contributed by atoms with Crippen LogP contribution >= 0.6 is 0 Å². The van der Waals surface area contributed by atoms with E-state index in [0.29, 0.717) is 22.4 Å². The minimum Gasteiger partial charge on any atom is -0.456 e. The Bertz CT molecular complexity index is 1350. The van der Waals surface area contributed by atoms with Crippen LogP contribution in [0.3, 0.4) is 0 Å². The van der Waals surface area contributed by atoms with Crippen LogP contribution < -0.4 is 10.1 Å². The highest BCUT2D eigenvalue weighted by Gasteiger charge is 2.34. The summed E-state index contributed by atoms with van der Waals surface area (Å²) in [5.74, 6) is 0.264. The van der Waals surface area contributed by atoms with Gasteiger partial charge in [0, 0.05) is 22.4 Å². The summed E-state index contributed by atoms with van der Waals surface area (Å²) < 4.78 is 61.3. The number of hydrogen-bond acceptors (Lipinski definition) is 2. The molecule has 0 aromatic heterocycles. The lowest BCUT2D eigenvalue weighted by atomic mass is 9.83. The van der Waals surface area contributed by atoms with E-state index in [-0.39, 0.29) is 16.9 Å². The zero-order valence-electron chi connectivity index (χ0n) is 18.3. The molecule has 0 fully saturated rings. The van der Waals surface area contributed by atoms with Crippen molar-refractivity contribution in [2.45, 2.75) is 32.5 Å². The van der Waals surface area contributed by atoms with Gasteiger partial charge in [-0.1, -0.05) is 30.3 Å². The Morgan fingerprint density at radius 1 is 0.939 bits per heavy atom. The van der Waals surface area contributed by atoms with Gasteiger partial charge in [0.15, 0.2) is 0 Å². The van der Waals surface area contributed by atoms with Crippen LogP contribution in [-0.2, 0) is 6.18 Å². The predicted octanol–water partition coefficient (Wildman–Crippen LogP) is 8.01. The van der Waals surface area contributed by atoms with Crippen LogP contribution in [0, 0.1) is 5.82 Å². The lowest BCUT2D eigenvalue weighted by Crippen LogP contribution is -2.32. The first kappa shape index (κ1) is 21.3. The van der Waals surface area contributed by atoms with Crippen LogP contribution in [0.4, 0.5) is 23.2 Å². The number of alkyl halides is 3. The van der Waals surface area contributed by atoms with Gasteiger partial charge >= 0.3 is 6.18 Å². The van der Waals surface area contributed by atoms with Crippen LogP contribution in [0.15, 0.2) is 60.7 Å². The molecule has 0 saturated heterocycles. The largest absolute Gasteiger partial charge is 0.456 e. The average molecular weight is 451 g/mol. The molecule has 6 heteroatoms. The second-order valence-corrected chi connectivity index (χ2v) is 8.92. The molecule has 0 spiro atoms. The van der Waals surface area contributed by atoms with Crippen LogP contribution in [0.5, 0.6) is 5.75 Å². The highest BCUT2D eigenvalue weighted by Crippen LogP contribution is 2.49. The number of rotatable bonds is 1. The van der Waals surface area contributed by atoms with Crippen molar-refractivity contribution in [3.05, 3.63) is 88.7 Å². The van der Waals surface area contributed by atoms with E-state index >= 15 is 0 Å². The van der Waals surface area contributed by atoms with E-state index in [0.717, 1.165) is 22.9 Å². The summed E-state index contributed by atoms with van der Waals surface area (Å²) in [6.45, 7) is 6.04. The van der Waals surface area contributed by atoms with Crippen molar-refractivity contribution in [2.24, 2.45) is 0 Å². The van der Waals surface area contributed by atoms with Gasteiger partial charge in [-0.15, -0.1) is 0 Å². The van der Waals surface area contributed by atoms with Crippen molar-refractivity contribution in [1.29, 1.82) is 0 Å². The van der Waals surface area contributed by atoms with E-state index in [1.54, 1.807) is 6.07 Å². The van der Waals surface area contributed by atoms with E-state index in [2.05, 4.69) is 11.4 Å². The van der Waals surface area contributed by atoms with Crippen molar-refractivity contribution >= 4 is 23.1 Å². The Morgan fingerprint density at radius 3 is 2.45 bits per heavy atom. The summed E-state index contributed by atoms with van der Waals surface area (Å²) in [5, 5.41) is 3.46. The number of ether oxygens (including phenoxy) is 1. The average Bonchev–Trinajstić information content (AvgIpc) is 2.72. The minimum atomic E-state index is -4.51. The summed E-state index contributed by atoms with van der Waals surface area (Å²) >= 11 is 0. The normalized spacial score (nSPS) is 17.3. The number of allylic oxidation sites excluding steroid dienone is 1. The molecule has 2 aliphatic heterocycles. The second kappa shape index (κ2) is 7.24. The Labute approximate surface area is 189 Å². The number of halogens is 4. The second-order valence-electron chi connectivity index (χ2n) is 8.92. The van der Waals surface area contributed by atoms with Gasteiger partial charge in [-0.3, -0.25) is 0 Å². The number of nitrogens with one attached hydrogen (secondary N) is 1.